The minimum absolute atomic E-state index is 0.239. The van der Waals surface area contributed by atoms with Crippen molar-refractivity contribution in [3.05, 3.63) is 59.9 Å². The van der Waals surface area contributed by atoms with Crippen molar-refractivity contribution in [1.82, 2.24) is 30.4 Å². The predicted molar refractivity (Wildman–Crippen MR) is 111 cm³/mol. The molecule has 1 saturated heterocycles. The van der Waals surface area contributed by atoms with E-state index in [0.717, 1.165) is 4.90 Å². The Kier molecular flexibility index (Phi) is 5.31. The summed E-state index contributed by atoms with van der Waals surface area (Å²) >= 11 is 0. The van der Waals surface area contributed by atoms with E-state index in [9.17, 15) is 14.4 Å². The van der Waals surface area contributed by atoms with E-state index in [4.69, 9.17) is 9.47 Å². The first-order valence-electron chi connectivity index (χ1n) is 9.60. The van der Waals surface area contributed by atoms with Crippen molar-refractivity contribution in [2.24, 2.45) is 0 Å². The molecule has 32 heavy (non-hydrogen) atoms. The molecular formula is C21H20N6O5. The Balaban J connectivity index is 1.60. The Morgan fingerprint density at radius 1 is 1.12 bits per heavy atom. The molecule has 3 amide bonds. The fourth-order valence-corrected chi connectivity index (χ4v) is 3.53. The van der Waals surface area contributed by atoms with E-state index in [0.29, 0.717) is 22.7 Å². The Morgan fingerprint density at radius 3 is 2.62 bits per heavy atom. The van der Waals surface area contributed by atoms with Crippen LogP contribution in [0.25, 0.3) is 5.69 Å². The number of ether oxygens (including phenoxy) is 2. The number of nitrogens with zero attached hydrogens (tertiary/aromatic N) is 5. The normalized spacial score (nSPS) is 17.9. The Labute approximate surface area is 182 Å². The molecule has 1 aliphatic rings. The van der Waals surface area contributed by atoms with Gasteiger partial charge in [0.1, 0.15) is 23.4 Å². The van der Waals surface area contributed by atoms with Crippen molar-refractivity contribution in [2.45, 2.75) is 12.5 Å². The van der Waals surface area contributed by atoms with Gasteiger partial charge >= 0.3 is 6.03 Å². The molecular weight excluding hydrogens is 416 g/mol. The van der Waals surface area contributed by atoms with Crippen molar-refractivity contribution < 1.29 is 23.9 Å². The van der Waals surface area contributed by atoms with Crippen LogP contribution >= 0.6 is 0 Å². The van der Waals surface area contributed by atoms with Crippen molar-refractivity contribution in [3.63, 3.8) is 0 Å². The van der Waals surface area contributed by atoms with Gasteiger partial charge in [0.2, 0.25) is 0 Å². The number of carbonyl (C=O) groups excluding carboxylic acids is 3. The molecule has 11 heteroatoms. The van der Waals surface area contributed by atoms with Crippen LogP contribution in [0.1, 0.15) is 22.8 Å². The average molecular weight is 436 g/mol. The number of ketones is 1. The zero-order valence-electron chi connectivity index (χ0n) is 17.6. The molecule has 0 bridgehead atoms. The average Bonchev–Trinajstić information content (AvgIpc) is 3.42. The number of methoxy groups -OCH3 is 2. The Bertz CT molecular complexity index is 1200. The van der Waals surface area contributed by atoms with Crippen LogP contribution in [0.3, 0.4) is 0 Å². The third-order valence-electron chi connectivity index (χ3n) is 5.32. The monoisotopic (exact) mass is 436 g/mol. The molecule has 1 N–H and O–H groups in total. The van der Waals surface area contributed by atoms with Gasteiger partial charge in [0, 0.05) is 6.07 Å². The van der Waals surface area contributed by atoms with E-state index in [-0.39, 0.29) is 5.56 Å². The summed E-state index contributed by atoms with van der Waals surface area (Å²) in [4.78, 5) is 39.7. The number of nitrogens with one attached hydrogen (secondary N) is 1. The largest absolute Gasteiger partial charge is 0.497 e. The van der Waals surface area contributed by atoms with Gasteiger partial charge in [-0.3, -0.25) is 14.5 Å². The van der Waals surface area contributed by atoms with Gasteiger partial charge in [0.15, 0.2) is 5.78 Å². The van der Waals surface area contributed by atoms with Crippen LogP contribution in [0, 0.1) is 0 Å². The van der Waals surface area contributed by atoms with Gasteiger partial charge in [-0.05, 0) is 47.2 Å². The molecule has 1 unspecified atom stereocenters. The second-order valence-corrected chi connectivity index (χ2v) is 7.24. The van der Waals surface area contributed by atoms with Crippen LogP contribution < -0.4 is 14.8 Å². The fraction of sp³-hybridized carbons (Fsp3) is 0.238. The van der Waals surface area contributed by atoms with Crippen molar-refractivity contribution >= 4 is 17.7 Å². The Hall–Kier alpha value is -4.28. The third kappa shape index (κ3) is 3.53. The highest BCUT2D eigenvalue weighted by Crippen LogP contribution is 2.31. The molecule has 0 saturated carbocycles. The standard InChI is InChI=1S/C21H20N6O5/c1-21(13-5-4-6-14(9-13)27-12-22-24-25-27)19(29)26(20(30)23-21)11-17(28)16-8-7-15(31-2)10-18(16)32-3/h4-10,12H,11H2,1-3H3,(H,23,30). The summed E-state index contributed by atoms with van der Waals surface area (Å²) in [6.07, 6.45) is 1.42. The number of amides is 3. The second-order valence-electron chi connectivity index (χ2n) is 7.24. The maximum atomic E-state index is 13.2. The van der Waals surface area contributed by atoms with E-state index in [1.54, 1.807) is 43.3 Å². The lowest BCUT2D eigenvalue weighted by Crippen LogP contribution is -2.41. The zero-order valence-corrected chi connectivity index (χ0v) is 17.6. The molecule has 11 nitrogen and oxygen atoms in total. The highest BCUT2D eigenvalue weighted by Gasteiger charge is 2.49. The third-order valence-corrected chi connectivity index (χ3v) is 5.32. The van der Waals surface area contributed by atoms with Gasteiger partial charge in [-0.15, -0.1) is 5.10 Å². The maximum absolute atomic E-state index is 13.2. The molecule has 1 aliphatic heterocycles. The maximum Gasteiger partial charge on any atom is 0.325 e. The molecule has 2 aromatic carbocycles. The van der Waals surface area contributed by atoms with Crippen LogP contribution in [0.4, 0.5) is 4.79 Å². The number of imide groups is 1. The van der Waals surface area contributed by atoms with Crippen LogP contribution in [0.15, 0.2) is 48.8 Å². The number of hydrogen-bond donors (Lipinski definition) is 1. The molecule has 0 radical (unpaired) electrons. The molecule has 0 spiro atoms. The highest BCUT2D eigenvalue weighted by molar-refractivity contribution is 6.11. The van der Waals surface area contributed by atoms with Crippen molar-refractivity contribution in [1.29, 1.82) is 0 Å². The first kappa shape index (κ1) is 21.0. The molecule has 1 atom stereocenters. The summed E-state index contributed by atoms with van der Waals surface area (Å²) in [5.74, 6) is -0.182. The number of benzene rings is 2. The van der Waals surface area contributed by atoms with Crippen LogP contribution in [-0.4, -0.2) is 63.6 Å². The molecule has 4 rings (SSSR count). The highest BCUT2D eigenvalue weighted by atomic mass is 16.5. The number of aromatic nitrogens is 4. The summed E-state index contributed by atoms with van der Waals surface area (Å²) in [5.41, 5.74) is 0.0306. The van der Waals surface area contributed by atoms with Crippen LogP contribution in [-0.2, 0) is 10.3 Å². The summed E-state index contributed by atoms with van der Waals surface area (Å²) in [5, 5.41) is 13.7. The minimum Gasteiger partial charge on any atom is -0.497 e. The van der Waals surface area contributed by atoms with Gasteiger partial charge in [0.05, 0.1) is 32.0 Å². The number of rotatable bonds is 7. The lowest BCUT2D eigenvalue weighted by Gasteiger charge is -2.22. The molecule has 1 aromatic heterocycles. The lowest BCUT2D eigenvalue weighted by molar-refractivity contribution is -0.130. The molecule has 164 valence electrons. The topological polar surface area (TPSA) is 129 Å². The van der Waals surface area contributed by atoms with E-state index >= 15 is 0 Å². The fourth-order valence-electron chi connectivity index (χ4n) is 3.53. The first-order chi connectivity index (χ1) is 15.4. The van der Waals surface area contributed by atoms with Gasteiger partial charge in [0.25, 0.3) is 5.91 Å². The smallest absolute Gasteiger partial charge is 0.325 e. The number of carbonyl (C=O) groups is 3. The van der Waals surface area contributed by atoms with Gasteiger partial charge in [-0.2, -0.15) is 0 Å². The van der Waals surface area contributed by atoms with Gasteiger partial charge in [-0.25, -0.2) is 9.48 Å². The SMILES string of the molecule is COc1ccc(C(=O)CN2C(=O)NC(C)(c3cccc(-n4cnnn4)c3)C2=O)c(OC)c1. The van der Waals surface area contributed by atoms with Crippen molar-refractivity contribution in [3.8, 4) is 17.2 Å². The quantitative estimate of drug-likeness (QED) is 0.434. The number of Topliss-reactive ketones (excluding diaryl/α,β-unsaturated/α-hetero) is 1. The molecule has 1 fully saturated rings. The summed E-state index contributed by atoms with van der Waals surface area (Å²) in [7, 11) is 2.92. The van der Waals surface area contributed by atoms with Crippen molar-refractivity contribution in [2.75, 3.05) is 20.8 Å². The number of hydrogen-bond acceptors (Lipinski definition) is 8. The predicted octanol–water partition coefficient (Wildman–Crippen LogP) is 1.33. The van der Waals surface area contributed by atoms with E-state index in [2.05, 4.69) is 20.8 Å². The lowest BCUT2D eigenvalue weighted by atomic mass is 9.91. The van der Waals surface area contributed by atoms with E-state index < -0.39 is 29.8 Å². The van der Waals surface area contributed by atoms with Gasteiger partial charge < -0.3 is 14.8 Å². The minimum atomic E-state index is -1.36. The Morgan fingerprint density at radius 2 is 1.94 bits per heavy atom. The number of tetrazole rings is 1. The van der Waals surface area contributed by atoms with E-state index in [1.165, 1.54) is 31.3 Å². The summed E-state index contributed by atoms with van der Waals surface area (Å²) in [6, 6.07) is 11.0. The van der Waals surface area contributed by atoms with Gasteiger partial charge in [-0.1, -0.05) is 12.1 Å². The molecule has 0 aliphatic carbocycles. The summed E-state index contributed by atoms with van der Waals surface area (Å²) in [6.45, 7) is 1.15. The molecule has 3 aromatic rings. The van der Waals surface area contributed by atoms with E-state index in [1.807, 2.05) is 0 Å². The summed E-state index contributed by atoms with van der Waals surface area (Å²) < 4.78 is 11.8. The second kappa shape index (κ2) is 8.10. The van der Waals surface area contributed by atoms with Crippen LogP contribution in [0.5, 0.6) is 11.5 Å². The zero-order chi connectivity index (χ0) is 22.9. The van der Waals surface area contributed by atoms with Crippen LogP contribution in [0.2, 0.25) is 0 Å². The molecule has 2 heterocycles. The number of urea groups is 1. The first-order valence-corrected chi connectivity index (χ1v) is 9.60.